The highest BCUT2D eigenvalue weighted by molar-refractivity contribution is 5.93. The van der Waals surface area contributed by atoms with Crippen molar-refractivity contribution in [2.24, 2.45) is 0 Å². The van der Waals surface area contributed by atoms with Crippen molar-refractivity contribution in [2.45, 2.75) is 44.1 Å². The van der Waals surface area contributed by atoms with Gasteiger partial charge in [-0.1, -0.05) is 0 Å². The molecule has 0 aromatic carbocycles. The average Bonchev–Trinajstić information content (AvgIpc) is 3.26. The molecule has 4 heterocycles. The molecule has 0 bridgehead atoms. The first-order valence-corrected chi connectivity index (χ1v) is 8.27. The number of furan rings is 1. The van der Waals surface area contributed by atoms with Crippen molar-refractivity contribution in [3.05, 3.63) is 42.7 Å². The van der Waals surface area contributed by atoms with Crippen LogP contribution in [0.5, 0.6) is 0 Å². The van der Waals surface area contributed by atoms with Gasteiger partial charge in [0.2, 0.25) is 0 Å². The van der Waals surface area contributed by atoms with Crippen LogP contribution in [0.25, 0.3) is 0 Å². The Bertz CT molecular complexity index is 676. The highest BCUT2D eigenvalue weighted by Gasteiger charge is 2.41. The quantitative estimate of drug-likeness (QED) is 0.922. The Morgan fingerprint density at radius 2 is 2.29 bits per heavy atom. The van der Waals surface area contributed by atoms with Crippen LogP contribution in [0.4, 0.5) is 5.82 Å². The molecule has 3 atom stereocenters. The molecule has 0 radical (unpaired) electrons. The SMILES string of the molecule is O=C(Nc1cnccn1)[C@@H]1CC[C@@H]2[C@@H](CCN2Cc2ccoc2)O1. The van der Waals surface area contributed by atoms with Gasteiger partial charge in [0.25, 0.3) is 5.91 Å². The van der Waals surface area contributed by atoms with Crippen molar-refractivity contribution >= 4 is 11.7 Å². The van der Waals surface area contributed by atoms with Crippen LogP contribution in [-0.2, 0) is 16.1 Å². The molecule has 7 heteroatoms. The van der Waals surface area contributed by atoms with Crippen molar-refractivity contribution in [3.8, 4) is 0 Å². The second-order valence-corrected chi connectivity index (χ2v) is 6.28. The minimum Gasteiger partial charge on any atom is -0.472 e. The van der Waals surface area contributed by atoms with Crippen molar-refractivity contribution in [1.29, 1.82) is 0 Å². The summed E-state index contributed by atoms with van der Waals surface area (Å²) < 4.78 is 11.2. The Labute approximate surface area is 140 Å². The van der Waals surface area contributed by atoms with Gasteiger partial charge in [-0.15, -0.1) is 0 Å². The predicted molar refractivity (Wildman–Crippen MR) is 86.1 cm³/mol. The van der Waals surface area contributed by atoms with Gasteiger partial charge in [-0.3, -0.25) is 14.7 Å². The molecular formula is C17H20N4O3. The monoisotopic (exact) mass is 328 g/mol. The van der Waals surface area contributed by atoms with Crippen LogP contribution in [0.15, 0.2) is 41.6 Å². The number of carbonyl (C=O) groups excluding carboxylic acids is 1. The number of carbonyl (C=O) groups is 1. The second kappa shape index (κ2) is 6.70. The fourth-order valence-corrected chi connectivity index (χ4v) is 3.59. The summed E-state index contributed by atoms with van der Waals surface area (Å²) in [6.45, 7) is 1.86. The number of ether oxygens (including phenoxy) is 1. The third-order valence-corrected chi connectivity index (χ3v) is 4.74. The Kier molecular flexibility index (Phi) is 4.27. The molecule has 2 aliphatic heterocycles. The fraction of sp³-hybridized carbons (Fsp3) is 0.471. The van der Waals surface area contributed by atoms with E-state index in [9.17, 15) is 4.79 Å². The summed E-state index contributed by atoms with van der Waals surface area (Å²) in [5, 5.41) is 2.78. The first-order chi connectivity index (χ1) is 11.8. The molecule has 0 saturated carbocycles. The highest BCUT2D eigenvalue weighted by atomic mass is 16.5. The summed E-state index contributed by atoms with van der Waals surface area (Å²) in [5.41, 5.74) is 1.18. The van der Waals surface area contributed by atoms with Gasteiger partial charge >= 0.3 is 0 Å². The number of rotatable bonds is 4. The minimum atomic E-state index is -0.415. The number of hydrogen-bond donors (Lipinski definition) is 1. The van der Waals surface area contributed by atoms with Gasteiger partial charge in [0.15, 0.2) is 5.82 Å². The van der Waals surface area contributed by atoms with Crippen molar-refractivity contribution < 1.29 is 13.9 Å². The molecule has 2 aromatic rings. The van der Waals surface area contributed by atoms with Gasteiger partial charge in [-0.25, -0.2) is 4.98 Å². The molecular weight excluding hydrogens is 308 g/mol. The van der Waals surface area contributed by atoms with Crippen LogP contribution in [0, 0.1) is 0 Å². The maximum Gasteiger partial charge on any atom is 0.254 e. The van der Waals surface area contributed by atoms with Gasteiger partial charge in [0.05, 0.1) is 24.8 Å². The molecule has 2 fully saturated rings. The van der Waals surface area contributed by atoms with Crippen LogP contribution in [0.2, 0.25) is 0 Å². The van der Waals surface area contributed by atoms with E-state index in [-0.39, 0.29) is 12.0 Å². The maximum atomic E-state index is 12.4. The molecule has 24 heavy (non-hydrogen) atoms. The number of nitrogens with one attached hydrogen (secondary N) is 1. The zero-order chi connectivity index (χ0) is 16.4. The smallest absolute Gasteiger partial charge is 0.254 e. The number of likely N-dealkylation sites (tertiary alicyclic amines) is 1. The summed E-state index contributed by atoms with van der Waals surface area (Å²) in [7, 11) is 0. The van der Waals surface area contributed by atoms with E-state index < -0.39 is 6.10 Å². The summed E-state index contributed by atoms with van der Waals surface area (Å²) >= 11 is 0. The molecule has 4 rings (SSSR count). The number of fused-ring (bicyclic) bond motifs is 1. The summed E-state index contributed by atoms with van der Waals surface area (Å²) in [6.07, 6.45) is 10.5. The zero-order valence-electron chi connectivity index (χ0n) is 13.3. The number of anilines is 1. The van der Waals surface area contributed by atoms with Crippen molar-refractivity contribution in [2.75, 3.05) is 11.9 Å². The van der Waals surface area contributed by atoms with Gasteiger partial charge in [-0.2, -0.15) is 0 Å². The Morgan fingerprint density at radius 3 is 3.08 bits per heavy atom. The van der Waals surface area contributed by atoms with Crippen LogP contribution in [0.1, 0.15) is 24.8 Å². The molecule has 2 saturated heterocycles. The van der Waals surface area contributed by atoms with Gasteiger partial charge in [0, 0.05) is 37.1 Å². The summed E-state index contributed by atoms with van der Waals surface area (Å²) in [5.74, 6) is 0.323. The molecule has 126 valence electrons. The van der Waals surface area contributed by atoms with Gasteiger partial charge < -0.3 is 14.5 Å². The van der Waals surface area contributed by atoms with Gasteiger partial charge in [-0.05, 0) is 25.3 Å². The lowest BCUT2D eigenvalue weighted by atomic mass is 9.98. The summed E-state index contributed by atoms with van der Waals surface area (Å²) in [6, 6.07) is 2.37. The number of nitrogens with zero attached hydrogens (tertiary/aromatic N) is 3. The van der Waals surface area contributed by atoms with Crippen LogP contribution in [0.3, 0.4) is 0 Å². The largest absolute Gasteiger partial charge is 0.472 e. The standard InChI is InChI=1S/C17H20N4O3/c22-17(20-16-9-18-5-6-19-16)15-2-1-13-14(24-15)3-7-21(13)10-12-4-8-23-11-12/h4-6,8-9,11,13-15H,1-3,7,10H2,(H,19,20,22)/t13-,14-,15+/m1/s1. The Hall–Kier alpha value is -2.25. The molecule has 0 spiro atoms. The molecule has 2 aromatic heterocycles. The van der Waals surface area contributed by atoms with Crippen molar-refractivity contribution in [1.82, 2.24) is 14.9 Å². The number of amides is 1. The second-order valence-electron chi connectivity index (χ2n) is 6.28. The van der Waals surface area contributed by atoms with E-state index in [1.807, 2.05) is 6.07 Å². The molecule has 7 nitrogen and oxygen atoms in total. The zero-order valence-corrected chi connectivity index (χ0v) is 13.3. The maximum absolute atomic E-state index is 12.4. The van der Waals surface area contributed by atoms with Crippen molar-refractivity contribution in [3.63, 3.8) is 0 Å². The van der Waals surface area contributed by atoms with Gasteiger partial charge in [0.1, 0.15) is 6.10 Å². The summed E-state index contributed by atoms with van der Waals surface area (Å²) in [4.78, 5) is 22.8. The lowest BCUT2D eigenvalue weighted by Gasteiger charge is -2.35. The van der Waals surface area contributed by atoms with E-state index in [0.29, 0.717) is 11.9 Å². The van der Waals surface area contributed by atoms with Crippen LogP contribution in [-0.4, -0.2) is 45.6 Å². The predicted octanol–water partition coefficient (Wildman–Crippen LogP) is 1.83. The Balaban J connectivity index is 1.34. The lowest BCUT2D eigenvalue weighted by molar-refractivity contribution is -0.138. The van der Waals surface area contributed by atoms with E-state index in [0.717, 1.165) is 32.4 Å². The third-order valence-electron chi connectivity index (χ3n) is 4.74. The van der Waals surface area contributed by atoms with E-state index >= 15 is 0 Å². The highest BCUT2D eigenvalue weighted by Crippen LogP contribution is 2.32. The first kappa shape index (κ1) is 15.3. The third kappa shape index (κ3) is 3.18. The minimum absolute atomic E-state index is 0.114. The van der Waals surface area contributed by atoms with E-state index in [1.54, 1.807) is 24.9 Å². The lowest BCUT2D eigenvalue weighted by Crippen LogP contribution is -2.46. The van der Waals surface area contributed by atoms with Crippen LogP contribution < -0.4 is 5.32 Å². The molecule has 1 amide bonds. The molecule has 1 N–H and O–H groups in total. The molecule has 0 unspecified atom stereocenters. The molecule has 0 aliphatic carbocycles. The van der Waals surface area contributed by atoms with E-state index in [2.05, 4.69) is 20.2 Å². The Morgan fingerprint density at radius 1 is 1.33 bits per heavy atom. The number of hydrogen-bond acceptors (Lipinski definition) is 6. The first-order valence-electron chi connectivity index (χ1n) is 8.27. The van der Waals surface area contributed by atoms with E-state index in [4.69, 9.17) is 9.15 Å². The fourth-order valence-electron chi connectivity index (χ4n) is 3.59. The normalized spacial score (nSPS) is 26.9. The average molecular weight is 328 g/mol. The molecule has 2 aliphatic rings. The van der Waals surface area contributed by atoms with E-state index in [1.165, 1.54) is 11.8 Å². The van der Waals surface area contributed by atoms with Crippen LogP contribution >= 0.6 is 0 Å². The number of aromatic nitrogens is 2. The topological polar surface area (TPSA) is 80.5 Å².